The molecule has 0 saturated heterocycles. The molecule has 0 aliphatic rings. The van der Waals surface area contributed by atoms with Gasteiger partial charge in [-0.15, -0.1) is 0 Å². The minimum absolute atomic E-state index is 0.00721. The van der Waals surface area contributed by atoms with Gasteiger partial charge in [-0.3, -0.25) is 4.79 Å². The van der Waals surface area contributed by atoms with Crippen molar-refractivity contribution in [3.05, 3.63) is 53.9 Å². The van der Waals surface area contributed by atoms with E-state index < -0.39 is 0 Å². The van der Waals surface area contributed by atoms with E-state index in [0.29, 0.717) is 12.3 Å². The summed E-state index contributed by atoms with van der Waals surface area (Å²) in [7, 11) is 0. The maximum absolute atomic E-state index is 12.4. The van der Waals surface area contributed by atoms with Gasteiger partial charge in [-0.2, -0.15) is 0 Å². The Morgan fingerprint density at radius 2 is 1.49 bits per heavy atom. The van der Waals surface area contributed by atoms with Crippen molar-refractivity contribution in [1.29, 1.82) is 0 Å². The second kappa shape index (κ2) is 20.3. The van der Waals surface area contributed by atoms with E-state index in [9.17, 15) is 4.79 Å². The molecule has 0 bridgehead atoms. The molecular formula is C36H59N2O3+. The van der Waals surface area contributed by atoms with Crippen molar-refractivity contribution in [2.45, 2.75) is 136 Å². The largest absolute Gasteiger partial charge is 0.493 e. The Morgan fingerprint density at radius 1 is 0.829 bits per heavy atom. The van der Waals surface area contributed by atoms with Crippen LogP contribution in [-0.2, 0) is 23.2 Å². The lowest BCUT2D eigenvalue weighted by atomic mass is 9.86. The van der Waals surface area contributed by atoms with Crippen molar-refractivity contribution in [2.75, 3.05) is 19.8 Å². The quantitative estimate of drug-likeness (QED) is 0.115. The lowest BCUT2D eigenvalue weighted by Crippen LogP contribution is -2.34. The molecule has 1 aromatic carbocycles. The summed E-state index contributed by atoms with van der Waals surface area (Å²) in [5, 5.41) is 2.98. The van der Waals surface area contributed by atoms with Crippen LogP contribution < -0.4 is 19.4 Å². The van der Waals surface area contributed by atoms with Gasteiger partial charge in [0.25, 0.3) is 5.91 Å². The Morgan fingerprint density at radius 3 is 2.12 bits per heavy atom. The van der Waals surface area contributed by atoms with Crippen LogP contribution >= 0.6 is 0 Å². The van der Waals surface area contributed by atoms with Crippen molar-refractivity contribution in [3.63, 3.8) is 0 Å². The number of aromatic nitrogens is 1. The van der Waals surface area contributed by atoms with Gasteiger partial charge in [-0.25, -0.2) is 4.57 Å². The average Bonchev–Trinajstić information content (AvgIpc) is 2.94. The molecule has 1 N–H and O–H groups in total. The van der Waals surface area contributed by atoms with Gasteiger partial charge in [0.2, 0.25) is 0 Å². The second-order valence-electron chi connectivity index (χ2n) is 12.5. The lowest BCUT2D eigenvalue weighted by molar-refractivity contribution is -0.697. The molecule has 0 aliphatic carbocycles. The normalized spacial score (nSPS) is 11.4. The van der Waals surface area contributed by atoms with E-state index in [1.807, 2.05) is 18.2 Å². The second-order valence-corrected chi connectivity index (χ2v) is 12.5. The molecule has 0 atom stereocenters. The number of carbonyl (C=O) groups excluding carboxylic acids is 1. The third kappa shape index (κ3) is 15.3. The van der Waals surface area contributed by atoms with E-state index in [0.717, 1.165) is 43.7 Å². The van der Waals surface area contributed by atoms with Crippen LogP contribution in [0.2, 0.25) is 0 Å². The summed E-state index contributed by atoms with van der Waals surface area (Å²) < 4.78 is 14.3. The number of unbranched alkanes of at least 4 members (excludes halogenated alkanes) is 11. The summed E-state index contributed by atoms with van der Waals surface area (Å²) in [6, 6.07) is 10.1. The summed E-state index contributed by atoms with van der Waals surface area (Å²) in [5.41, 5.74) is 2.24. The highest BCUT2D eigenvalue weighted by atomic mass is 16.5. The number of rotatable bonds is 22. The summed E-state index contributed by atoms with van der Waals surface area (Å²) >= 11 is 0. The van der Waals surface area contributed by atoms with Gasteiger partial charge in [0.1, 0.15) is 18.0 Å². The third-order valence-electron chi connectivity index (χ3n) is 7.52. The Labute approximate surface area is 251 Å². The molecule has 1 aromatic heterocycles. The van der Waals surface area contributed by atoms with Crippen LogP contribution in [0, 0.1) is 0 Å². The fourth-order valence-electron chi connectivity index (χ4n) is 5.10. The maximum atomic E-state index is 12.4. The Kier molecular flexibility index (Phi) is 17.2. The average molecular weight is 568 g/mol. The van der Waals surface area contributed by atoms with E-state index in [4.69, 9.17) is 9.47 Å². The van der Waals surface area contributed by atoms with Crippen LogP contribution in [0.4, 0.5) is 0 Å². The number of nitrogens with one attached hydrogen (secondary N) is 1. The third-order valence-corrected chi connectivity index (χ3v) is 7.52. The first kappa shape index (κ1) is 34.6. The molecular weight excluding hydrogens is 508 g/mol. The van der Waals surface area contributed by atoms with Crippen LogP contribution in [0.1, 0.15) is 129 Å². The molecule has 0 fully saturated rings. The molecule has 2 rings (SSSR count). The molecule has 0 radical (unpaired) electrons. The van der Waals surface area contributed by atoms with Crippen LogP contribution in [0.15, 0.2) is 42.7 Å². The van der Waals surface area contributed by atoms with E-state index >= 15 is 0 Å². The van der Waals surface area contributed by atoms with Gasteiger partial charge in [0, 0.05) is 30.2 Å². The molecule has 41 heavy (non-hydrogen) atoms. The van der Waals surface area contributed by atoms with Gasteiger partial charge in [-0.1, -0.05) is 105 Å². The van der Waals surface area contributed by atoms with Gasteiger partial charge >= 0.3 is 0 Å². The molecule has 0 saturated carbocycles. The molecule has 0 aliphatic heterocycles. The number of ether oxygens (including phenoxy) is 2. The number of amides is 1. The van der Waals surface area contributed by atoms with Crippen LogP contribution in [0.5, 0.6) is 11.5 Å². The standard InChI is InChI=1S/C36H58N2O3/c1-6-8-9-10-11-12-13-14-15-16-17-18-27-40-34-22-21-32(28-33(34)36(3,4)5)41-30-35(39)37-24-23-31-20-19-26-38(29-31)25-7-2/h19-22,26,28-29H,6-18,23-25,27,30H2,1-5H3/p+1. The summed E-state index contributed by atoms with van der Waals surface area (Å²) in [6.07, 6.45) is 22.2. The fraction of sp³-hybridized carbons (Fsp3) is 0.667. The first-order chi connectivity index (χ1) is 19.8. The minimum atomic E-state index is -0.105. The van der Waals surface area contributed by atoms with Gasteiger partial charge in [0.05, 0.1) is 6.61 Å². The first-order valence-corrected chi connectivity index (χ1v) is 16.5. The zero-order valence-electron chi connectivity index (χ0n) is 26.9. The van der Waals surface area contributed by atoms with Crippen LogP contribution in [0.3, 0.4) is 0 Å². The first-order valence-electron chi connectivity index (χ1n) is 16.5. The van der Waals surface area contributed by atoms with Crippen molar-refractivity contribution in [1.82, 2.24) is 5.32 Å². The zero-order chi connectivity index (χ0) is 29.8. The summed E-state index contributed by atoms with van der Waals surface area (Å²) in [6.45, 7) is 13.4. The van der Waals surface area contributed by atoms with E-state index in [1.165, 1.54) is 76.2 Å². The molecule has 230 valence electrons. The smallest absolute Gasteiger partial charge is 0.257 e. The number of benzene rings is 1. The molecule has 1 amide bonds. The predicted octanol–water partition coefficient (Wildman–Crippen LogP) is 8.50. The number of nitrogens with zero attached hydrogens (tertiary/aromatic N) is 1. The number of carbonyl (C=O) groups is 1. The van der Waals surface area contributed by atoms with Gasteiger partial charge < -0.3 is 14.8 Å². The monoisotopic (exact) mass is 567 g/mol. The molecule has 0 unspecified atom stereocenters. The zero-order valence-corrected chi connectivity index (χ0v) is 26.9. The predicted molar refractivity (Wildman–Crippen MR) is 171 cm³/mol. The van der Waals surface area contributed by atoms with Crippen LogP contribution in [0.25, 0.3) is 0 Å². The highest BCUT2D eigenvalue weighted by Gasteiger charge is 2.20. The molecule has 0 spiro atoms. The molecule has 2 aromatic rings. The number of hydrogen-bond acceptors (Lipinski definition) is 3. The van der Waals surface area contributed by atoms with Crippen LogP contribution in [-0.4, -0.2) is 25.7 Å². The SMILES string of the molecule is CCCCCCCCCCCCCCOc1ccc(OCC(=O)NCCc2ccc[n+](CCC)c2)cc1C(C)(C)C. The van der Waals surface area contributed by atoms with Gasteiger partial charge in [0.15, 0.2) is 19.0 Å². The number of aryl methyl sites for hydroxylation is 1. The van der Waals surface area contributed by atoms with Crippen molar-refractivity contribution in [3.8, 4) is 11.5 Å². The lowest BCUT2D eigenvalue weighted by Gasteiger charge is -2.24. The minimum Gasteiger partial charge on any atom is -0.493 e. The number of hydrogen-bond donors (Lipinski definition) is 1. The topological polar surface area (TPSA) is 51.4 Å². The fourth-order valence-corrected chi connectivity index (χ4v) is 5.10. The molecule has 1 heterocycles. The molecule has 5 nitrogen and oxygen atoms in total. The highest BCUT2D eigenvalue weighted by Crippen LogP contribution is 2.34. The number of pyridine rings is 1. The van der Waals surface area contributed by atoms with Gasteiger partial charge in [-0.05, 0) is 42.5 Å². The van der Waals surface area contributed by atoms with E-state index in [-0.39, 0.29) is 17.9 Å². The van der Waals surface area contributed by atoms with Crippen molar-refractivity contribution in [2.24, 2.45) is 0 Å². The summed E-state index contributed by atoms with van der Waals surface area (Å²) in [4.78, 5) is 12.4. The maximum Gasteiger partial charge on any atom is 0.257 e. The Hall–Kier alpha value is -2.56. The van der Waals surface area contributed by atoms with E-state index in [1.54, 1.807) is 0 Å². The molecule has 5 heteroatoms. The highest BCUT2D eigenvalue weighted by molar-refractivity contribution is 5.77. The van der Waals surface area contributed by atoms with E-state index in [2.05, 4.69) is 69.0 Å². The van der Waals surface area contributed by atoms with Crippen molar-refractivity contribution >= 4 is 5.91 Å². The van der Waals surface area contributed by atoms with Crippen molar-refractivity contribution < 1.29 is 18.8 Å². The summed E-state index contributed by atoms with van der Waals surface area (Å²) in [5.74, 6) is 1.51. The Balaban J connectivity index is 1.67. The Bertz CT molecular complexity index is 983.